The quantitative estimate of drug-likeness (QED) is 0.809. The lowest BCUT2D eigenvalue weighted by molar-refractivity contribution is -0.139. The fourth-order valence-corrected chi connectivity index (χ4v) is 3.09. The van der Waals surface area contributed by atoms with Crippen LogP contribution in [0.4, 0.5) is 0 Å². The van der Waals surface area contributed by atoms with Gasteiger partial charge in [-0.2, -0.15) is 0 Å². The number of carbonyl (C=O) groups excluding carboxylic acids is 2. The molecule has 3 rings (SSSR count). The summed E-state index contributed by atoms with van der Waals surface area (Å²) in [6.45, 7) is 5.41. The first-order chi connectivity index (χ1) is 9.58. The minimum absolute atomic E-state index is 0.0633. The van der Waals surface area contributed by atoms with Crippen LogP contribution in [0.3, 0.4) is 0 Å². The predicted octanol–water partition coefficient (Wildman–Crippen LogP) is 1.01. The van der Waals surface area contributed by atoms with E-state index in [2.05, 4.69) is 5.16 Å². The summed E-state index contributed by atoms with van der Waals surface area (Å²) in [4.78, 5) is 28.2. The van der Waals surface area contributed by atoms with E-state index in [1.165, 1.54) is 0 Å². The van der Waals surface area contributed by atoms with Crippen LogP contribution in [-0.2, 0) is 16.1 Å². The summed E-state index contributed by atoms with van der Waals surface area (Å²) in [6, 6.07) is -0.259. The van der Waals surface area contributed by atoms with Gasteiger partial charge in [0.2, 0.25) is 11.8 Å². The van der Waals surface area contributed by atoms with Crippen LogP contribution < -0.4 is 0 Å². The van der Waals surface area contributed by atoms with E-state index in [1.54, 1.807) is 9.80 Å². The van der Waals surface area contributed by atoms with Crippen LogP contribution in [-0.4, -0.2) is 45.9 Å². The van der Waals surface area contributed by atoms with Crippen molar-refractivity contribution in [2.75, 3.05) is 13.1 Å². The summed E-state index contributed by atoms with van der Waals surface area (Å²) >= 11 is 0. The molecule has 0 saturated carbocycles. The van der Waals surface area contributed by atoms with Gasteiger partial charge in [0.1, 0.15) is 11.8 Å². The second-order valence-corrected chi connectivity index (χ2v) is 5.56. The summed E-state index contributed by atoms with van der Waals surface area (Å²) in [5.41, 5.74) is 1.77. The van der Waals surface area contributed by atoms with Crippen LogP contribution in [0.5, 0.6) is 0 Å². The van der Waals surface area contributed by atoms with Gasteiger partial charge in [-0.05, 0) is 26.7 Å². The fourth-order valence-electron chi connectivity index (χ4n) is 3.09. The van der Waals surface area contributed by atoms with Gasteiger partial charge in [-0.25, -0.2) is 0 Å². The fraction of sp³-hybridized carbons (Fsp3) is 0.643. The molecule has 2 aliphatic heterocycles. The lowest BCUT2D eigenvalue weighted by Crippen LogP contribution is -2.43. The average Bonchev–Trinajstić information content (AvgIpc) is 3.00. The van der Waals surface area contributed by atoms with Gasteiger partial charge < -0.3 is 14.3 Å². The Kier molecular flexibility index (Phi) is 3.23. The summed E-state index contributed by atoms with van der Waals surface area (Å²) < 4.78 is 5.15. The molecule has 0 radical (unpaired) electrons. The maximum Gasteiger partial charge on any atom is 0.245 e. The molecule has 1 atom stereocenters. The molecule has 1 aromatic heterocycles. The minimum Gasteiger partial charge on any atom is -0.361 e. The monoisotopic (exact) mass is 277 g/mol. The molecule has 0 bridgehead atoms. The van der Waals surface area contributed by atoms with Gasteiger partial charge in [-0.15, -0.1) is 0 Å². The number of rotatable bonds is 2. The highest BCUT2D eigenvalue weighted by molar-refractivity contribution is 5.90. The molecule has 20 heavy (non-hydrogen) atoms. The highest BCUT2D eigenvalue weighted by Gasteiger charge is 2.39. The van der Waals surface area contributed by atoms with Crippen molar-refractivity contribution in [1.29, 1.82) is 0 Å². The van der Waals surface area contributed by atoms with Crippen LogP contribution in [0.25, 0.3) is 0 Å². The second-order valence-electron chi connectivity index (χ2n) is 5.56. The van der Waals surface area contributed by atoms with Crippen LogP contribution in [0.15, 0.2) is 4.52 Å². The molecule has 1 unspecified atom stereocenters. The zero-order valence-corrected chi connectivity index (χ0v) is 11.9. The molecule has 3 heterocycles. The highest BCUT2D eigenvalue weighted by Crippen LogP contribution is 2.25. The third-order valence-corrected chi connectivity index (χ3v) is 4.30. The summed E-state index contributed by atoms with van der Waals surface area (Å²) in [6.07, 6.45) is 2.11. The lowest BCUT2D eigenvalue weighted by Gasteiger charge is -2.25. The molecule has 0 aromatic carbocycles. The van der Waals surface area contributed by atoms with Crippen molar-refractivity contribution in [2.45, 2.75) is 45.7 Å². The Morgan fingerprint density at radius 3 is 2.80 bits per heavy atom. The van der Waals surface area contributed by atoms with Gasteiger partial charge in [-0.3, -0.25) is 9.59 Å². The molecule has 6 heteroatoms. The van der Waals surface area contributed by atoms with Crippen molar-refractivity contribution in [3.63, 3.8) is 0 Å². The molecule has 6 nitrogen and oxygen atoms in total. The Morgan fingerprint density at radius 2 is 2.10 bits per heavy atom. The van der Waals surface area contributed by atoms with Gasteiger partial charge in [0.25, 0.3) is 0 Å². The van der Waals surface area contributed by atoms with E-state index in [9.17, 15) is 9.59 Å². The first kappa shape index (κ1) is 13.1. The number of aromatic nitrogens is 1. The Bertz CT molecular complexity index is 532. The predicted molar refractivity (Wildman–Crippen MR) is 70.7 cm³/mol. The highest BCUT2D eigenvalue weighted by atomic mass is 16.5. The largest absolute Gasteiger partial charge is 0.361 e. The van der Waals surface area contributed by atoms with E-state index < -0.39 is 0 Å². The molecule has 2 amide bonds. The number of amides is 2. The van der Waals surface area contributed by atoms with E-state index >= 15 is 0 Å². The van der Waals surface area contributed by atoms with Gasteiger partial charge in [0, 0.05) is 25.1 Å². The van der Waals surface area contributed by atoms with Gasteiger partial charge >= 0.3 is 0 Å². The first-order valence-electron chi connectivity index (χ1n) is 7.08. The van der Waals surface area contributed by atoms with Crippen molar-refractivity contribution in [3.8, 4) is 0 Å². The molecule has 0 aliphatic carbocycles. The Hall–Kier alpha value is -1.85. The molecule has 108 valence electrons. The summed E-state index contributed by atoms with van der Waals surface area (Å²) in [7, 11) is 0. The molecule has 2 fully saturated rings. The molecule has 1 aromatic rings. The number of nitrogens with zero attached hydrogens (tertiary/aromatic N) is 3. The van der Waals surface area contributed by atoms with Gasteiger partial charge in [0.05, 0.1) is 12.2 Å². The van der Waals surface area contributed by atoms with Gasteiger partial charge in [0.15, 0.2) is 0 Å². The maximum atomic E-state index is 12.6. The minimum atomic E-state index is -0.259. The van der Waals surface area contributed by atoms with E-state index in [4.69, 9.17) is 4.52 Å². The molecular weight excluding hydrogens is 258 g/mol. The zero-order chi connectivity index (χ0) is 14.3. The second kappa shape index (κ2) is 4.92. The summed E-state index contributed by atoms with van der Waals surface area (Å²) in [5.74, 6) is 0.907. The van der Waals surface area contributed by atoms with E-state index in [0.29, 0.717) is 26.1 Å². The third kappa shape index (κ3) is 2.09. The smallest absolute Gasteiger partial charge is 0.245 e. The topological polar surface area (TPSA) is 66.7 Å². The van der Waals surface area contributed by atoms with E-state index in [1.807, 2.05) is 13.8 Å². The van der Waals surface area contributed by atoms with Crippen molar-refractivity contribution < 1.29 is 14.1 Å². The Morgan fingerprint density at radius 1 is 1.30 bits per heavy atom. The molecule has 2 aliphatic rings. The molecule has 0 N–H and O–H groups in total. The number of carbonyl (C=O) groups is 2. The first-order valence-corrected chi connectivity index (χ1v) is 7.08. The Balaban J connectivity index is 1.83. The van der Waals surface area contributed by atoms with Crippen molar-refractivity contribution in [3.05, 3.63) is 17.0 Å². The maximum absolute atomic E-state index is 12.6. The van der Waals surface area contributed by atoms with Crippen LogP contribution in [0.1, 0.15) is 36.3 Å². The number of fused-ring (bicyclic) bond motifs is 1. The van der Waals surface area contributed by atoms with Crippen LogP contribution in [0.2, 0.25) is 0 Å². The molecule has 0 spiro atoms. The van der Waals surface area contributed by atoms with E-state index in [-0.39, 0.29) is 17.9 Å². The van der Waals surface area contributed by atoms with Crippen LogP contribution in [0, 0.1) is 13.8 Å². The van der Waals surface area contributed by atoms with Crippen LogP contribution >= 0.6 is 0 Å². The third-order valence-electron chi connectivity index (χ3n) is 4.30. The van der Waals surface area contributed by atoms with E-state index in [0.717, 1.165) is 29.9 Å². The SMILES string of the molecule is Cc1noc(C)c1CN1CCC(=O)N2CCCC2C1=O. The average molecular weight is 277 g/mol. The summed E-state index contributed by atoms with van der Waals surface area (Å²) in [5, 5.41) is 3.92. The van der Waals surface area contributed by atoms with Crippen molar-refractivity contribution in [2.24, 2.45) is 0 Å². The normalized spacial score (nSPS) is 23.2. The van der Waals surface area contributed by atoms with Crippen molar-refractivity contribution in [1.82, 2.24) is 15.0 Å². The number of aryl methyl sites for hydroxylation is 2. The zero-order valence-electron chi connectivity index (χ0n) is 11.9. The molecular formula is C14H19N3O3. The van der Waals surface area contributed by atoms with Crippen molar-refractivity contribution >= 4 is 11.8 Å². The van der Waals surface area contributed by atoms with Gasteiger partial charge in [-0.1, -0.05) is 5.16 Å². The molecule has 2 saturated heterocycles. The standard InChI is InChI=1S/C14H19N3O3/c1-9-11(10(2)20-15-9)8-16-7-5-13(18)17-6-3-4-12(17)14(16)19/h12H,3-8H2,1-2H3. The number of hydrogen-bond acceptors (Lipinski definition) is 4. The Labute approximate surface area is 117 Å². The number of hydrogen-bond donors (Lipinski definition) is 0. The lowest BCUT2D eigenvalue weighted by atomic mass is 10.1.